The highest BCUT2D eigenvalue weighted by atomic mass is 19.4. The van der Waals surface area contributed by atoms with Gasteiger partial charge in [-0.3, -0.25) is 4.98 Å². The van der Waals surface area contributed by atoms with Crippen LogP contribution in [0.4, 0.5) is 23.7 Å². The number of carbonyl (C=O) groups excluding carboxylic acids is 1. The maximum absolute atomic E-state index is 13.2. The summed E-state index contributed by atoms with van der Waals surface area (Å²) in [5, 5.41) is 14.3. The number of piperidine rings is 1. The Kier molecular flexibility index (Phi) is 6.96. The molecule has 3 N–H and O–H groups in total. The lowest BCUT2D eigenvalue weighted by atomic mass is 9.97. The summed E-state index contributed by atoms with van der Waals surface area (Å²) in [5.74, 6) is 0.879. The van der Waals surface area contributed by atoms with Gasteiger partial charge in [0.25, 0.3) is 0 Å². The predicted molar refractivity (Wildman–Crippen MR) is 107 cm³/mol. The zero-order valence-corrected chi connectivity index (χ0v) is 16.8. The van der Waals surface area contributed by atoms with E-state index in [0.717, 1.165) is 12.8 Å². The molecule has 0 radical (unpaired) electrons. The minimum atomic E-state index is -4.45. The van der Waals surface area contributed by atoms with E-state index in [2.05, 4.69) is 27.5 Å². The maximum atomic E-state index is 13.2. The average Bonchev–Trinajstić information content (AvgIpc) is 2.72. The first-order valence-corrected chi connectivity index (χ1v) is 9.98. The molecule has 0 spiro atoms. The monoisotopic (exact) mass is 425 g/mol. The predicted octanol–water partition coefficient (Wildman–Crippen LogP) is 3.44. The molecule has 3 rings (SSSR count). The Balaban J connectivity index is 1.69. The molecule has 2 aliphatic heterocycles. The number of carbonyl (C=O) groups is 1. The normalized spacial score (nSPS) is 18.3. The lowest BCUT2D eigenvalue weighted by Crippen LogP contribution is -2.38. The van der Waals surface area contributed by atoms with Gasteiger partial charge in [0, 0.05) is 19.6 Å². The standard InChI is InChI=1S/C20H26F3N5O2/c1-13-6-8-28(9-7-13)18-14(2-5-17(27-18)20(21,22)23)10-25-19(30)26-15-3-4-16(12-29)24-11-15/h3-4,11,13,29H,2,5-10,12H2,1H3,(H2,25,26,30). The molecule has 0 aliphatic carbocycles. The van der Waals surface area contributed by atoms with Crippen LogP contribution in [0.25, 0.3) is 0 Å². The molecule has 0 bridgehead atoms. The number of nitrogens with zero attached hydrogens (tertiary/aromatic N) is 3. The van der Waals surface area contributed by atoms with Gasteiger partial charge in [0.05, 0.1) is 24.2 Å². The Morgan fingerprint density at radius 3 is 2.60 bits per heavy atom. The second-order valence-corrected chi connectivity index (χ2v) is 7.66. The first kappa shape index (κ1) is 22.1. The molecule has 2 aliphatic rings. The Morgan fingerprint density at radius 1 is 1.27 bits per heavy atom. The molecule has 0 unspecified atom stereocenters. The van der Waals surface area contributed by atoms with E-state index < -0.39 is 17.9 Å². The van der Waals surface area contributed by atoms with Crippen LogP contribution in [0.1, 0.15) is 38.3 Å². The van der Waals surface area contributed by atoms with Gasteiger partial charge in [-0.2, -0.15) is 13.2 Å². The quantitative estimate of drug-likeness (QED) is 0.674. The number of halogens is 3. The van der Waals surface area contributed by atoms with Crippen molar-refractivity contribution in [1.29, 1.82) is 0 Å². The smallest absolute Gasteiger partial charge is 0.390 e. The highest BCUT2D eigenvalue weighted by molar-refractivity contribution is 5.92. The lowest BCUT2D eigenvalue weighted by Gasteiger charge is -2.35. The van der Waals surface area contributed by atoms with Crippen LogP contribution in [0, 0.1) is 5.92 Å². The van der Waals surface area contributed by atoms with Gasteiger partial charge in [-0.05, 0) is 49.3 Å². The van der Waals surface area contributed by atoms with Crippen molar-refractivity contribution in [2.75, 3.05) is 25.0 Å². The highest BCUT2D eigenvalue weighted by Crippen LogP contribution is 2.31. The number of hydrogen-bond acceptors (Lipinski definition) is 5. The number of amides is 2. The third-order valence-electron chi connectivity index (χ3n) is 5.34. The zero-order valence-electron chi connectivity index (χ0n) is 16.8. The third-order valence-corrected chi connectivity index (χ3v) is 5.34. The molecule has 1 aromatic rings. The molecule has 0 atom stereocenters. The van der Waals surface area contributed by atoms with E-state index in [1.165, 1.54) is 6.20 Å². The van der Waals surface area contributed by atoms with E-state index in [0.29, 0.717) is 41.8 Å². The number of aliphatic hydroxyl groups excluding tert-OH is 1. The molecule has 0 aromatic carbocycles. The average molecular weight is 425 g/mol. The largest absolute Gasteiger partial charge is 0.429 e. The Labute approximate surface area is 173 Å². The van der Waals surface area contributed by atoms with E-state index in [1.807, 2.05) is 4.90 Å². The van der Waals surface area contributed by atoms with Gasteiger partial charge in [-0.15, -0.1) is 0 Å². The summed E-state index contributed by atoms with van der Waals surface area (Å²) >= 11 is 0. The van der Waals surface area contributed by atoms with Crippen LogP contribution >= 0.6 is 0 Å². The highest BCUT2D eigenvalue weighted by Gasteiger charge is 2.38. The Bertz CT molecular complexity index is 813. The number of aliphatic hydroxyl groups is 1. The van der Waals surface area contributed by atoms with Gasteiger partial charge in [-0.1, -0.05) is 6.92 Å². The molecule has 30 heavy (non-hydrogen) atoms. The molecule has 10 heteroatoms. The number of anilines is 1. The number of hydrogen-bond donors (Lipinski definition) is 3. The van der Waals surface area contributed by atoms with Crippen molar-refractivity contribution in [2.24, 2.45) is 10.9 Å². The van der Waals surface area contributed by atoms with E-state index in [4.69, 9.17) is 5.11 Å². The summed E-state index contributed by atoms with van der Waals surface area (Å²) in [6.45, 7) is 3.36. The van der Waals surface area contributed by atoms with Crippen LogP contribution in [0.15, 0.2) is 34.7 Å². The van der Waals surface area contributed by atoms with Crippen LogP contribution in [-0.2, 0) is 6.61 Å². The molecule has 0 saturated carbocycles. The number of aromatic nitrogens is 1. The van der Waals surface area contributed by atoms with Crippen molar-refractivity contribution in [2.45, 2.75) is 45.4 Å². The van der Waals surface area contributed by atoms with Crippen LogP contribution in [0.5, 0.6) is 0 Å². The van der Waals surface area contributed by atoms with Gasteiger partial charge < -0.3 is 20.6 Å². The number of likely N-dealkylation sites (tertiary alicyclic amines) is 1. The van der Waals surface area contributed by atoms with Crippen molar-refractivity contribution >= 4 is 17.4 Å². The number of urea groups is 1. The fourth-order valence-corrected chi connectivity index (χ4v) is 3.49. The summed E-state index contributed by atoms with van der Waals surface area (Å²) < 4.78 is 39.6. The first-order valence-electron chi connectivity index (χ1n) is 9.98. The maximum Gasteiger partial charge on any atom is 0.429 e. The number of rotatable bonds is 5. The molecule has 164 valence electrons. The van der Waals surface area contributed by atoms with Gasteiger partial charge in [-0.25, -0.2) is 9.79 Å². The molecular weight excluding hydrogens is 399 g/mol. The number of aliphatic imine (C=N–C) groups is 1. The SMILES string of the molecule is CC1CCN(C2=C(CNC(=O)Nc3ccc(CO)nc3)CCC(C(F)(F)F)=N2)CC1. The topological polar surface area (TPSA) is 89.9 Å². The van der Waals surface area contributed by atoms with Crippen LogP contribution in [0.3, 0.4) is 0 Å². The molecule has 7 nitrogen and oxygen atoms in total. The van der Waals surface area contributed by atoms with Gasteiger partial charge in [0.2, 0.25) is 0 Å². The Hall–Kier alpha value is -2.62. The van der Waals surface area contributed by atoms with E-state index in [-0.39, 0.29) is 26.0 Å². The van der Waals surface area contributed by atoms with Gasteiger partial charge in [0.1, 0.15) is 11.5 Å². The van der Waals surface area contributed by atoms with Crippen molar-refractivity contribution in [3.05, 3.63) is 35.4 Å². The third kappa shape index (κ3) is 5.71. The van der Waals surface area contributed by atoms with Gasteiger partial charge >= 0.3 is 12.2 Å². The molecule has 1 aromatic heterocycles. The van der Waals surface area contributed by atoms with Crippen molar-refractivity contribution in [1.82, 2.24) is 15.2 Å². The number of pyridine rings is 1. The van der Waals surface area contributed by atoms with Crippen molar-refractivity contribution < 1.29 is 23.1 Å². The molecular formula is C20H26F3N5O2. The van der Waals surface area contributed by atoms with Crippen molar-refractivity contribution in [3.63, 3.8) is 0 Å². The number of nitrogens with one attached hydrogen (secondary N) is 2. The van der Waals surface area contributed by atoms with Crippen molar-refractivity contribution in [3.8, 4) is 0 Å². The second kappa shape index (κ2) is 9.46. The lowest BCUT2D eigenvalue weighted by molar-refractivity contribution is -0.0609. The minimum absolute atomic E-state index is 0.115. The van der Waals surface area contributed by atoms with E-state index in [9.17, 15) is 18.0 Å². The molecule has 2 amide bonds. The Morgan fingerprint density at radius 2 is 2.00 bits per heavy atom. The second-order valence-electron chi connectivity index (χ2n) is 7.66. The fraction of sp³-hybridized carbons (Fsp3) is 0.550. The van der Waals surface area contributed by atoms with E-state index >= 15 is 0 Å². The molecule has 1 saturated heterocycles. The van der Waals surface area contributed by atoms with Crippen LogP contribution < -0.4 is 10.6 Å². The molecule has 3 heterocycles. The minimum Gasteiger partial charge on any atom is -0.390 e. The molecule has 1 fully saturated rings. The number of alkyl halides is 3. The summed E-state index contributed by atoms with van der Waals surface area (Å²) in [7, 11) is 0. The van der Waals surface area contributed by atoms with Gasteiger partial charge in [0.15, 0.2) is 0 Å². The summed E-state index contributed by atoms with van der Waals surface area (Å²) in [6, 6.07) is 2.71. The fourth-order valence-electron chi connectivity index (χ4n) is 3.49. The zero-order chi connectivity index (χ0) is 21.7. The van der Waals surface area contributed by atoms with E-state index in [1.54, 1.807) is 12.1 Å². The van der Waals surface area contributed by atoms with Crippen LogP contribution in [0.2, 0.25) is 0 Å². The summed E-state index contributed by atoms with van der Waals surface area (Å²) in [4.78, 5) is 22.0. The first-order chi connectivity index (χ1) is 14.3. The summed E-state index contributed by atoms with van der Waals surface area (Å²) in [5.41, 5.74) is 0.859. The summed E-state index contributed by atoms with van der Waals surface area (Å²) in [6.07, 6.45) is -1.21. The van der Waals surface area contributed by atoms with Crippen LogP contribution in [-0.4, -0.2) is 52.5 Å².